The Kier molecular flexibility index (Phi) is 19.1. The van der Waals surface area contributed by atoms with Crippen LogP contribution in [-0.2, 0) is 67.8 Å². The molecule has 2 heterocycles. The average molecular weight is 965 g/mol. The van der Waals surface area contributed by atoms with E-state index in [9.17, 15) is 4.79 Å². The Morgan fingerprint density at radius 1 is 0.636 bits per heavy atom. The molecule has 4 rings (SSSR count). The predicted octanol–water partition coefficient (Wildman–Crippen LogP) is 13.5. The zero-order chi connectivity index (χ0) is 49.6. The van der Waals surface area contributed by atoms with Gasteiger partial charge in [0.15, 0.2) is 0 Å². The largest absolute Gasteiger partial charge is 0.462 e. The van der Waals surface area contributed by atoms with Crippen LogP contribution in [-0.4, -0.2) is 74.7 Å². The summed E-state index contributed by atoms with van der Waals surface area (Å²) in [6.45, 7) is 34.0. The molecule has 0 N–H and O–H groups in total. The highest BCUT2D eigenvalue weighted by atomic mass is 31.2. The third-order valence-electron chi connectivity index (χ3n) is 10.4. The maximum atomic E-state index is 15.5. The second-order valence-electron chi connectivity index (χ2n) is 23.0. The molecule has 0 fully saturated rings. The van der Waals surface area contributed by atoms with Gasteiger partial charge in [-0.05, 0) is 102 Å². The van der Waals surface area contributed by atoms with E-state index in [1.165, 1.54) is 0 Å². The van der Waals surface area contributed by atoms with Gasteiger partial charge in [-0.1, -0.05) is 56.2 Å². The van der Waals surface area contributed by atoms with Crippen molar-refractivity contribution >= 4 is 21.0 Å². The predicted molar refractivity (Wildman–Crippen MR) is 263 cm³/mol. The van der Waals surface area contributed by atoms with Gasteiger partial charge in [0.2, 0.25) is 11.6 Å². The summed E-state index contributed by atoms with van der Waals surface area (Å²) in [4.78, 5) is 17.0. The van der Waals surface area contributed by atoms with E-state index in [1.54, 1.807) is 0 Å². The zero-order valence-corrected chi connectivity index (χ0v) is 45.5. The number of ether oxygens (including phenoxy) is 4. The fourth-order valence-electron chi connectivity index (χ4n) is 8.25. The summed E-state index contributed by atoms with van der Waals surface area (Å²) in [6.07, 6.45) is 4.84. The number of hydrogen-bond donors (Lipinski definition) is 0. The molecule has 1 atom stereocenters. The second-order valence-corrected chi connectivity index (χ2v) is 26.8. The van der Waals surface area contributed by atoms with Crippen molar-refractivity contribution < 1.29 is 51.0 Å². The first kappa shape index (κ1) is 56.4. The lowest BCUT2D eigenvalue weighted by molar-refractivity contribution is -0.181. The molecular formula is C51H86N2O11P2. The summed E-state index contributed by atoms with van der Waals surface area (Å²) in [5, 5.41) is 0. The maximum absolute atomic E-state index is 15.5. The Morgan fingerprint density at radius 3 is 1.52 bits per heavy atom. The fourth-order valence-corrected chi connectivity index (χ4v) is 13.4. The lowest BCUT2D eigenvalue weighted by Gasteiger charge is -2.41. The molecule has 0 spiro atoms. The van der Waals surface area contributed by atoms with E-state index >= 15 is 9.13 Å². The minimum Gasteiger partial charge on any atom is -0.462 e. The van der Waals surface area contributed by atoms with Crippen LogP contribution in [0.3, 0.4) is 0 Å². The van der Waals surface area contributed by atoms with Crippen molar-refractivity contribution in [1.29, 1.82) is 0 Å². The van der Waals surface area contributed by atoms with Crippen LogP contribution in [0.5, 0.6) is 11.5 Å². The minimum absolute atomic E-state index is 0.0506. The van der Waals surface area contributed by atoms with Crippen LogP contribution in [0.4, 0.5) is 0 Å². The number of carbonyl (C=O) groups is 1. The Bertz CT molecular complexity index is 1970. The smallest absolute Gasteiger partial charge is 0.345 e. The van der Waals surface area contributed by atoms with Crippen molar-refractivity contribution in [2.45, 2.75) is 229 Å². The standard InChI is InChI=1S/C51H86N2O11P2/c1-18-24-43(54)30-21-19-20-29-42(53(37-66(56,63-48(8,9)10)64-49(11,12)13)32-39-26-23-28-41-35-58-51(16,17)60-45(39)41)33-52(36-65(55,61-46(2,3)4)62-47(5,6)7)31-38-25-22-27-40-34-57-50(14,15)59-44(38)40/h22-23,25-28,42H,18-21,24,29-37H2,1-17H3. The minimum atomic E-state index is -3.91. The SMILES string of the molecule is CCCC(=O)CCCCCC(CN(Cc1cccc2c1OC(C)(C)OC2)CP(=O)(OC(C)(C)C)OC(C)(C)C)N(Cc1cccc2c1OC(C)(C)OC2)CP(=O)(OC(C)(C)C)OC(C)(C)C. The highest BCUT2D eigenvalue weighted by molar-refractivity contribution is 7.54. The topological polar surface area (TPSA) is 132 Å². The van der Waals surface area contributed by atoms with Gasteiger partial charge in [-0.3, -0.25) is 23.7 Å². The van der Waals surface area contributed by atoms with Crippen LogP contribution in [0.1, 0.15) is 185 Å². The Balaban J connectivity index is 1.94. The highest BCUT2D eigenvalue weighted by Crippen LogP contribution is 2.57. The number of unbranched alkanes of at least 4 members (excludes halogenated alkanes) is 2. The lowest BCUT2D eigenvalue weighted by atomic mass is 10.0. The molecule has 2 aliphatic heterocycles. The van der Waals surface area contributed by atoms with Gasteiger partial charge in [0.1, 0.15) is 29.9 Å². The van der Waals surface area contributed by atoms with E-state index in [-0.39, 0.29) is 24.4 Å². The lowest BCUT2D eigenvalue weighted by Crippen LogP contribution is -2.46. The van der Waals surface area contributed by atoms with Crippen LogP contribution in [0, 0.1) is 0 Å². The van der Waals surface area contributed by atoms with E-state index in [0.717, 1.165) is 59.4 Å². The van der Waals surface area contributed by atoms with Crippen molar-refractivity contribution in [3.63, 3.8) is 0 Å². The Labute approximate surface area is 398 Å². The van der Waals surface area contributed by atoms with Crippen LogP contribution in [0.2, 0.25) is 0 Å². The summed E-state index contributed by atoms with van der Waals surface area (Å²) in [7, 11) is -7.78. The first-order valence-corrected chi connectivity index (χ1v) is 27.5. The average Bonchev–Trinajstić information content (AvgIpc) is 3.10. The van der Waals surface area contributed by atoms with Gasteiger partial charge in [-0.15, -0.1) is 0 Å². The molecular weight excluding hydrogens is 879 g/mol. The van der Waals surface area contributed by atoms with Crippen LogP contribution >= 0.6 is 15.2 Å². The number of benzene rings is 2. The van der Waals surface area contributed by atoms with Gasteiger partial charge in [0.05, 0.1) is 35.6 Å². The van der Waals surface area contributed by atoms with Crippen LogP contribution < -0.4 is 9.47 Å². The summed E-state index contributed by atoms with van der Waals surface area (Å²) in [5.41, 5.74) is 0.427. The van der Waals surface area contributed by atoms with Crippen molar-refractivity contribution in [3.8, 4) is 11.5 Å². The first-order valence-electron chi connectivity index (χ1n) is 24.0. The first-order chi connectivity index (χ1) is 30.2. The van der Waals surface area contributed by atoms with Crippen molar-refractivity contribution in [3.05, 3.63) is 58.7 Å². The summed E-state index contributed by atoms with van der Waals surface area (Å²) < 4.78 is 82.0. The Morgan fingerprint density at radius 2 is 1.08 bits per heavy atom. The van der Waals surface area contributed by atoms with Crippen molar-refractivity contribution in [1.82, 2.24) is 9.80 Å². The molecule has 2 aromatic carbocycles. The van der Waals surface area contributed by atoms with Crippen molar-refractivity contribution in [2.75, 3.05) is 19.1 Å². The summed E-state index contributed by atoms with van der Waals surface area (Å²) in [5.74, 6) is 0.0109. The molecule has 66 heavy (non-hydrogen) atoms. The number of para-hydroxylation sites is 2. The van der Waals surface area contributed by atoms with Gasteiger partial charge in [0, 0.05) is 88.5 Å². The summed E-state index contributed by atoms with van der Waals surface area (Å²) in [6, 6.07) is 11.7. The monoisotopic (exact) mass is 965 g/mol. The van der Waals surface area contributed by atoms with Gasteiger partial charge in [0.25, 0.3) is 0 Å². The Hall–Kier alpha value is -2.15. The number of fused-ring (bicyclic) bond motifs is 2. The number of nitrogens with zero attached hydrogens (tertiary/aromatic N) is 2. The molecule has 2 aliphatic rings. The van der Waals surface area contributed by atoms with E-state index in [2.05, 4.69) is 9.80 Å². The third kappa shape index (κ3) is 19.3. The molecule has 13 nitrogen and oxygen atoms in total. The molecule has 376 valence electrons. The van der Waals surface area contributed by atoms with E-state index in [0.29, 0.717) is 52.1 Å². The van der Waals surface area contributed by atoms with Gasteiger partial charge in [-0.25, -0.2) is 0 Å². The summed E-state index contributed by atoms with van der Waals surface area (Å²) >= 11 is 0. The van der Waals surface area contributed by atoms with Gasteiger partial charge in [-0.2, -0.15) is 0 Å². The molecule has 0 saturated heterocycles. The quantitative estimate of drug-likeness (QED) is 0.0774. The van der Waals surface area contributed by atoms with Crippen molar-refractivity contribution in [2.24, 2.45) is 0 Å². The molecule has 0 bridgehead atoms. The number of Topliss-reactive ketones (excluding diaryl/α,β-unsaturated/α-hetero) is 1. The second kappa shape index (κ2) is 22.3. The number of rotatable bonds is 23. The number of carbonyl (C=O) groups excluding carboxylic acids is 1. The molecule has 0 saturated carbocycles. The van der Waals surface area contributed by atoms with Crippen LogP contribution in [0.15, 0.2) is 36.4 Å². The molecule has 15 heteroatoms. The highest BCUT2D eigenvalue weighted by Gasteiger charge is 2.42. The molecule has 0 radical (unpaired) electrons. The molecule has 2 aromatic rings. The normalized spacial score (nSPS) is 17.3. The molecule has 0 aromatic heterocycles. The number of hydrogen-bond acceptors (Lipinski definition) is 13. The molecule has 0 aliphatic carbocycles. The molecule has 0 amide bonds. The van der Waals surface area contributed by atoms with E-state index in [1.807, 2.05) is 154 Å². The number of ketones is 1. The van der Waals surface area contributed by atoms with E-state index in [4.69, 9.17) is 37.0 Å². The van der Waals surface area contributed by atoms with Gasteiger partial charge < -0.3 is 37.0 Å². The zero-order valence-electron chi connectivity index (χ0n) is 43.7. The fraction of sp³-hybridized carbons (Fsp3) is 0.745. The maximum Gasteiger partial charge on any atom is 0.345 e. The van der Waals surface area contributed by atoms with Crippen LogP contribution in [0.25, 0.3) is 0 Å². The third-order valence-corrected chi connectivity index (χ3v) is 15.1. The van der Waals surface area contributed by atoms with E-state index < -0.39 is 49.2 Å². The molecule has 1 unspecified atom stereocenters. The van der Waals surface area contributed by atoms with Gasteiger partial charge >= 0.3 is 15.2 Å².